The van der Waals surface area contributed by atoms with E-state index in [2.05, 4.69) is 4.98 Å². The predicted octanol–water partition coefficient (Wildman–Crippen LogP) is 5.68. The molecule has 6 nitrogen and oxygen atoms in total. The molecule has 0 unspecified atom stereocenters. The quantitative estimate of drug-likeness (QED) is 0.400. The van der Waals surface area contributed by atoms with Crippen LogP contribution in [0.2, 0.25) is 10.0 Å². The van der Waals surface area contributed by atoms with Gasteiger partial charge in [-0.25, -0.2) is 17.8 Å². The molecule has 172 valence electrons. The van der Waals surface area contributed by atoms with Crippen molar-refractivity contribution in [3.8, 4) is 11.6 Å². The first-order valence-corrected chi connectivity index (χ1v) is 12.2. The lowest BCUT2D eigenvalue weighted by Gasteiger charge is -2.31. The average molecular weight is 509 g/mol. The van der Waals surface area contributed by atoms with Gasteiger partial charge >= 0.3 is 0 Å². The summed E-state index contributed by atoms with van der Waals surface area (Å²) in [5, 5.41) is 0.442. The Balaban J connectivity index is 1.75. The van der Waals surface area contributed by atoms with E-state index in [1.54, 1.807) is 37.3 Å². The summed E-state index contributed by atoms with van der Waals surface area (Å²) < 4.78 is 53.6. The van der Waals surface area contributed by atoms with Gasteiger partial charge in [-0.05, 0) is 48.9 Å². The predicted molar refractivity (Wildman–Crippen MR) is 127 cm³/mol. The normalized spacial score (nSPS) is 13.6. The maximum Gasteiger partial charge on any atom is 0.270 e. The smallest absolute Gasteiger partial charge is 0.270 e. The second-order valence-corrected chi connectivity index (χ2v) is 9.69. The van der Waals surface area contributed by atoms with E-state index in [1.807, 2.05) is 0 Å². The lowest BCUT2D eigenvalue weighted by atomic mass is 10.1. The molecule has 0 aliphatic carbocycles. The van der Waals surface area contributed by atoms with E-state index < -0.39 is 15.8 Å². The van der Waals surface area contributed by atoms with E-state index in [4.69, 9.17) is 32.7 Å². The molecule has 33 heavy (non-hydrogen) atoms. The van der Waals surface area contributed by atoms with Crippen molar-refractivity contribution >= 4 is 51.1 Å². The fourth-order valence-electron chi connectivity index (χ4n) is 3.37. The van der Waals surface area contributed by atoms with Crippen LogP contribution in [-0.2, 0) is 10.0 Å². The summed E-state index contributed by atoms with van der Waals surface area (Å²) in [5.41, 5.74) is 1.21. The molecule has 2 heterocycles. The Bertz CT molecular complexity index is 1310. The Morgan fingerprint density at radius 1 is 1.21 bits per heavy atom. The molecule has 0 saturated carbocycles. The van der Waals surface area contributed by atoms with Gasteiger partial charge in [0, 0.05) is 11.8 Å². The number of sulfonamides is 1. The van der Waals surface area contributed by atoms with Gasteiger partial charge in [-0.2, -0.15) is 0 Å². The number of aromatic nitrogens is 1. The molecule has 2 aromatic carbocycles. The topological polar surface area (TPSA) is 68.7 Å². The number of rotatable bonds is 6. The lowest BCUT2D eigenvalue weighted by Crippen LogP contribution is -2.38. The minimum Gasteiger partial charge on any atom is -0.489 e. The molecule has 0 atom stereocenters. The van der Waals surface area contributed by atoms with Crippen molar-refractivity contribution < 1.29 is 22.3 Å². The molecule has 0 bridgehead atoms. The van der Waals surface area contributed by atoms with Crippen molar-refractivity contribution in [1.29, 1.82) is 0 Å². The Labute approximate surface area is 201 Å². The molecular weight excluding hydrogens is 490 g/mol. The van der Waals surface area contributed by atoms with Crippen LogP contribution in [0.25, 0.3) is 12.2 Å². The van der Waals surface area contributed by atoms with Crippen molar-refractivity contribution in [1.82, 2.24) is 4.98 Å². The van der Waals surface area contributed by atoms with Crippen LogP contribution in [0.1, 0.15) is 18.1 Å². The van der Waals surface area contributed by atoms with E-state index in [-0.39, 0.29) is 46.1 Å². The highest BCUT2D eigenvalue weighted by Gasteiger charge is 2.33. The van der Waals surface area contributed by atoms with Crippen LogP contribution < -0.4 is 13.8 Å². The van der Waals surface area contributed by atoms with Crippen LogP contribution in [0.15, 0.2) is 53.6 Å². The van der Waals surface area contributed by atoms with Gasteiger partial charge in [-0.15, -0.1) is 0 Å². The molecule has 0 amide bonds. The minimum atomic E-state index is -4.07. The number of hydrogen-bond acceptors (Lipinski definition) is 5. The van der Waals surface area contributed by atoms with E-state index in [9.17, 15) is 12.8 Å². The van der Waals surface area contributed by atoms with Crippen molar-refractivity contribution in [2.24, 2.45) is 0 Å². The van der Waals surface area contributed by atoms with Crippen molar-refractivity contribution in [3.05, 3.63) is 75.7 Å². The zero-order valence-electron chi connectivity index (χ0n) is 17.5. The van der Waals surface area contributed by atoms with Crippen LogP contribution >= 0.6 is 23.2 Å². The standard InChI is InChI=1S/C23H19Cl2FN2O4S/c1-2-31-23-22(13-16(24)14-27-23)33(29,30)28-10-11-32-21-9-7-15(12-20(21)28)6-8-17-18(25)4-3-5-19(17)26/h3-9,12-14H,2,10-11H2,1H3/b8-6+. The summed E-state index contributed by atoms with van der Waals surface area (Å²) in [6, 6.07) is 10.8. The zero-order valence-corrected chi connectivity index (χ0v) is 19.8. The maximum absolute atomic E-state index is 14.1. The molecular formula is C23H19Cl2FN2O4S. The molecule has 3 aromatic rings. The van der Waals surface area contributed by atoms with E-state index in [1.165, 1.54) is 34.8 Å². The van der Waals surface area contributed by atoms with E-state index in [0.717, 1.165) is 0 Å². The van der Waals surface area contributed by atoms with Gasteiger partial charge in [0.1, 0.15) is 18.2 Å². The molecule has 0 N–H and O–H groups in total. The van der Waals surface area contributed by atoms with Crippen molar-refractivity contribution in [2.45, 2.75) is 11.8 Å². The zero-order chi connectivity index (χ0) is 23.6. The Morgan fingerprint density at radius 3 is 2.79 bits per heavy atom. The molecule has 4 rings (SSSR count). The number of hydrogen-bond donors (Lipinski definition) is 0. The van der Waals surface area contributed by atoms with Gasteiger partial charge < -0.3 is 9.47 Å². The van der Waals surface area contributed by atoms with Crippen molar-refractivity contribution in [3.63, 3.8) is 0 Å². The highest BCUT2D eigenvalue weighted by Crippen LogP contribution is 2.38. The van der Waals surface area contributed by atoms with Crippen LogP contribution in [0.4, 0.5) is 10.1 Å². The lowest BCUT2D eigenvalue weighted by molar-refractivity contribution is 0.312. The van der Waals surface area contributed by atoms with Crippen LogP contribution in [0.3, 0.4) is 0 Å². The fraction of sp³-hybridized carbons (Fsp3) is 0.174. The number of halogens is 3. The minimum absolute atomic E-state index is 0.0276. The number of benzene rings is 2. The Morgan fingerprint density at radius 2 is 2.03 bits per heavy atom. The monoisotopic (exact) mass is 508 g/mol. The van der Waals surface area contributed by atoms with Gasteiger partial charge in [0.25, 0.3) is 10.0 Å². The number of fused-ring (bicyclic) bond motifs is 1. The third-order valence-corrected chi connectivity index (χ3v) is 7.22. The first-order valence-electron chi connectivity index (χ1n) is 10.0. The molecule has 0 saturated heterocycles. The molecule has 0 radical (unpaired) electrons. The average Bonchev–Trinajstić information content (AvgIpc) is 2.79. The number of ether oxygens (including phenoxy) is 2. The van der Waals surface area contributed by atoms with Crippen LogP contribution in [-0.4, -0.2) is 33.2 Å². The van der Waals surface area contributed by atoms with Crippen molar-refractivity contribution in [2.75, 3.05) is 24.1 Å². The number of anilines is 1. The second-order valence-electron chi connectivity index (χ2n) is 7.01. The van der Waals surface area contributed by atoms with Gasteiger partial charge in [0.2, 0.25) is 5.88 Å². The van der Waals surface area contributed by atoms with Gasteiger partial charge in [-0.1, -0.05) is 41.4 Å². The third-order valence-electron chi connectivity index (χ3n) is 4.88. The Kier molecular flexibility index (Phi) is 6.78. The summed E-state index contributed by atoms with van der Waals surface area (Å²) in [6.45, 7) is 2.23. The largest absolute Gasteiger partial charge is 0.489 e. The SMILES string of the molecule is CCOc1ncc(Cl)cc1S(=O)(=O)N1CCOc2ccc(/C=C/c3c(F)cccc3Cl)cc21. The first-order chi connectivity index (χ1) is 15.8. The van der Waals surface area contributed by atoms with Gasteiger partial charge in [0.15, 0.2) is 4.90 Å². The van der Waals surface area contributed by atoms with Gasteiger partial charge in [-0.3, -0.25) is 4.31 Å². The molecule has 1 aliphatic rings. The summed E-state index contributed by atoms with van der Waals surface area (Å²) >= 11 is 12.1. The highest BCUT2D eigenvalue weighted by atomic mass is 35.5. The molecule has 0 fully saturated rings. The summed E-state index contributed by atoms with van der Waals surface area (Å²) in [7, 11) is -4.07. The highest BCUT2D eigenvalue weighted by molar-refractivity contribution is 7.93. The number of nitrogens with zero attached hydrogens (tertiary/aromatic N) is 2. The summed E-state index contributed by atoms with van der Waals surface area (Å²) in [4.78, 5) is 3.90. The molecule has 0 spiro atoms. The maximum atomic E-state index is 14.1. The third kappa shape index (κ3) is 4.78. The summed E-state index contributed by atoms with van der Waals surface area (Å²) in [5.74, 6) is -0.0832. The second kappa shape index (κ2) is 9.59. The number of pyridine rings is 1. The summed E-state index contributed by atoms with van der Waals surface area (Å²) in [6.07, 6.45) is 4.52. The van der Waals surface area contributed by atoms with E-state index in [0.29, 0.717) is 17.0 Å². The van der Waals surface area contributed by atoms with Crippen LogP contribution in [0.5, 0.6) is 11.6 Å². The van der Waals surface area contributed by atoms with Crippen LogP contribution in [0, 0.1) is 5.82 Å². The van der Waals surface area contributed by atoms with Gasteiger partial charge in [0.05, 0.1) is 28.9 Å². The fourth-order valence-corrected chi connectivity index (χ4v) is 5.38. The Hall–Kier alpha value is -2.81. The molecule has 10 heteroatoms. The van der Waals surface area contributed by atoms with E-state index >= 15 is 0 Å². The molecule has 1 aliphatic heterocycles. The molecule has 1 aromatic heterocycles. The first kappa shape index (κ1) is 23.4.